The van der Waals surface area contributed by atoms with Gasteiger partial charge in [-0.15, -0.1) is 0 Å². The Bertz CT molecular complexity index is 328. The molecule has 5 heteroatoms. The fraction of sp³-hybridized carbons (Fsp3) is 0.125. The second-order valence-electron chi connectivity index (χ2n) is 2.43. The fourth-order valence-electron chi connectivity index (χ4n) is 0.832. The first kappa shape index (κ1) is 10.6. The highest BCUT2D eigenvalue weighted by atomic mass is 35.5. The molecule has 0 aliphatic carbocycles. The van der Waals surface area contributed by atoms with Crippen LogP contribution in [0.2, 0.25) is 10.0 Å². The number of halogens is 2. The molecule has 0 fully saturated rings. The number of rotatable bonds is 2. The van der Waals surface area contributed by atoms with Crippen LogP contribution in [0.1, 0.15) is 5.56 Å². The van der Waals surface area contributed by atoms with Crippen LogP contribution in [-0.4, -0.2) is 5.11 Å². The number of benzene rings is 1. The van der Waals surface area contributed by atoms with Gasteiger partial charge in [-0.3, -0.25) is 5.73 Å². The van der Waals surface area contributed by atoms with Gasteiger partial charge in [0.2, 0.25) is 0 Å². The van der Waals surface area contributed by atoms with E-state index < -0.39 is 0 Å². The van der Waals surface area contributed by atoms with Gasteiger partial charge in [-0.05, 0) is 29.9 Å². The molecule has 0 unspecified atom stereocenters. The molecule has 69 valence electrons. The molecular weight excluding hydrogens is 227 g/mol. The van der Waals surface area contributed by atoms with Gasteiger partial charge in [0.1, 0.15) is 0 Å². The first-order valence-corrected chi connectivity index (χ1v) is 4.69. The Morgan fingerprint density at radius 1 is 1.38 bits per heavy atom. The summed E-state index contributed by atoms with van der Waals surface area (Å²) in [7, 11) is 0. The van der Waals surface area contributed by atoms with Crippen molar-refractivity contribution in [3.05, 3.63) is 33.8 Å². The van der Waals surface area contributed by atoms with Gasteiger partial charge in [-0.25, -0.2) is 0 Å². The molecule has 0 saturated carbocycles. The number of nitrogens with one attached hydrogen (secondary N) is 2. The molecule has 2 N–H and O–H groups in total. The zero-order valence-electron chi connectivity index (χ0n) is 6.60. The van der Waals surface area contributed by atoms with Gasteiger partial charge in [-0.2, -0.15) is 0 Å². The van der Waals surface area contributed by atoms with E-state index in [1.54, 1.807) is 12.1 Å². The highest BCUT2D eigenvalue weighted by Crippen LogP contribution is 2.22. The predicted molar refractivity (Wildman–Crippen MR) is 59.0 cm³/mol. The second kappa shape index (κ2) is 4.65. The normalized spacial score (nSPS) is 9.69. The van der Waals surface area contributed by atoms with Gasteiger partial charge in [0.15, 0.2) is 5.11 Å². The van der Waals surface area contributed by atoms with Crippen molar-refractivity contribution in [3.8, 4) is 0 Å². The third-order valence-electron chi connectivity index (χ3n) is 1.44. The van der Waals surface area contributed by atoms with Crippen LogP contribution >= 0.6 is 35.4 Å². The van der Waals surface area contributed by atoms with Crippen molar-refractivity contribution in [2.75, 3.05) is 0 Å². The van der Waals surface area contributed by atoms with Crippen LogP contribution in [0, 0.1) is 0 Å². The standard InChI is InChI=1S/C8H7Cl2N2S/c9-6-2-1-5(3-7(6)10)4-12-8(11)13/h1-3,11H,4H2,(H,12,13). The van der Waals surface area contributed by atoms with Crippen LogP contribution in [-0.2, 0) is 6.54 Å². The highest BCUT2D eigenvalue weighted by molar-refractivity contribution is 7.80. The summed E-state index contributed by atoms with van der Waals surface area (Å²) in [4.78, 5) is 0. The van der Waals surface area contributed by atoms with Gasteiger partial charge in [-0.1, -0.05) is 29.3 Å². The lowest BCUT2D eigenvalue weighted by Crippen LogP contribution is -2.21. The van der Waals surface area contributed by atoms with Crippen LogP contribution in [0.15, 0.2) is 18.2 Å². The minimum atomic E-state index is 0.0195. The van der Waals surface area contributed by atoms with Gasteiger partial charge < -0.3 is 5.32 Å². The van der Waals surface area contributed by atoms with E-state index in [9.17, 15) is 0 Å². The summed E-state index contributed by atoms with van der Waals surface area (Å²) in [5.74, 6) is 0. The minimum Gasteiger partial charge on any atom is -0.357 e. The maximum absolute atomic E-state index is 6.98. The van der Waals surface area contributed by atoms with Crippen molar-refractivity contribution >= 4 is 40.5 Å². The molecule has 0 spiro atoms. The predicted octanol–water partition coefficient (Wildman–Crippen LogP) is 2.65. The molecule has 13 heavy (non-hydrogen) atoms. The van der Waals surface area contributed by atoms with Crippen molar-refractivity contribution in [3.63, 3.8) is 0 Å². The maximum Gasteiger partial charge on any atom is 0.185 e. The summed E-state index contributed by atoms with van der Waals surface area (Å²) < 4.78 is 0. The van der Waals surface area contributed by atoms with Gasteiger partial charge >= 0.3 is 0 Å². The lowest BCUT2D eigenvalue weighted by atomic mass is 10.2. The molecule has 2 nitrogen and oxygen atoms in total. The number of thiocarbonyl (C=S) groups is 1. The molecular formula is C8H7Cl2N2S. The molecule has 0 bridgehead atoms. The molecule has 0 aromatic heterocycles. The van der Waals surface area contributed by atoms with E-state index in [0.29, 0.717) is 16.6 Å². The summed E-state index contributed by atoms with van der Waals surface area (Å²) in [6, 6.07) is 5.29. The number of hydrogen-bond acceptors (Lipinski definition) is 1. The van der Waals surface area contributed by atoms with Gasteiger partial charge in [0, 0.05) is 6.54 Å². The topological polar surface area (TPSA) is 35.8 Å². The van der Waals surface area contributed by atoms with E-state index in [1.165, 1.54) is 0 Å². The second-order valence-corrected chi connectivity index (χ2v) is 3.65. The Morgan fingerprint density at radius 3 is 2.62 bits per heavy atom. The molecule has 1 rings (SSSR count). The molecule has 0 saturated heterocycles. The lowest BCUT2D eigenvalue weighted by molar-refractivity contribution is 0.917. The molecule has 0 aliphatic rings. The molecule has 0 heterocycles. The molecule has 0 aliphatic heterocycles. The average molecular weight is 234 g/mol. The largest absolute Gasteiger partial charge is 0.357 e. The Kier molecular flexibility index (Phi) is 3.78. The summed E-state index contributed by atoms with van der Waals surface area (Å²) in [6.45, 7) is 0.499. The quantitative estimate of drug-likeness (QED) is 0.798. The van der Waals surface area contributed by atoms with E-state index in [2.05, 4.69) is 17.5 Å². The molecule has 1 radical (unpaired) electrons. The van der Waals surface area contributed by atoms with E-state index in [0.717, 1.165) is 5.56 Å². The fourth-order valence-corrected chi connectivity index (χ4v) is 1.22. The van der Waals surface area contributed by atoms with Crippen LogP contribution in [0.3, 0.4) is 0 Å². The van der Waals surface area contributed by atoms with Crippen molar-refractivity contribution in [1.82, 2.24) is 11.1 Å². The summed E-state index contributed by atoms with van der Waals surface area (Å²) >= 11 is 16.1. The Morgan fingerprint density at radius 2 is 2.08 bits per heavy atom. The van der Waals surface area contributed by atoms with E-state index in [-0.39, 0.29) is 5.11 Å². The highest BCUT2D eigenvalue weighted by Gasteiger charge is 1.99. The Labute approximate surface area is 92.0 Å². The van der Waals surface area contributed by atoms with E-state index >= 15 is 0 Å². The van der Waals surface area contributed by atoms with E-state index in [1.807, 2.05) is 6.07 Å². The third-order valence-corrected chi connectivity index (χ3v) is 2.32. The zero-order chi connectivity index (χ0) is 9.84. The van der Waals surface area contributed by atoms with Crippen LogP contribution < -0.4 is 11.1 Å². The monoisotopic (exact) mass is 233 g/mol. The first-order chi connectivity index (χ1) is 6.09. The van der Waals surface area contributed by atoms with Crippen molar-refractivity contribution < 1.29 is 0 Å². The summed E-state index contributed by atoms with van der Waals surface area (Å²) in [5, 5.41) is 3.76. The smallest absolute Gasteiger partial charge is 0.185 e. The SMILES string of the molecule is [NH]C(=S)NCc1ccc(Cl)c(Cl)c1. The lowest BCUT2D eigenvalue weighted by Gasteiger charge is -2.04. The van der Waals surface area contributed by atoms with Gasteiger partial charge in [0.05, 0.1) is 10.0 Å². The first-order valence-electron chi connectivity index (χ1n) is 3.53. The third kappa shape index (κ3) is 3.38. The van der Waals surface area contributed by atoms with Crippen molar-refractivity contribution in [1.29, 1.82) is 0 Å². The summed E-state index contributed by atoms with van der Waals surface area (Å²) in [6.07, 6.45) is 0. The molecule has 0 amide bonds. The Balaban J connectivity index is 2.68. The van der Waals surface area contributed by atoms with Crippen LogP contribution in [0.4, 0.5) is 0 Å². The Hall–Kier alpha value is -0.510. The van der Waals surface area contributed by atoms with Crippen LogP contribution in [0.25, 0.3) is 0 Å². The summed E-state index contributed by atoms with van der Waals surface area (Å²) in [5.41, 5.74) is 7.93. The zero-order valence-corrected chi connectivity index (χ0v) is 8.93. The van der Waals surface area contributed by atoms with Crippen LogP contribution in [0.5, 0.6) is 0 Å². The average Bonchev–Trinajstić information content (AvgIpc) is 2.07. The molecule has 1 aromatic carbocycles. The van der Waals surface area contributed by atoms with Gasteiger partial charge in [0.25, 0.3) is 0 Å². The number of hydrogen-bond donors (Lipinski definition) is 1. The van der Waals surface area contributed by atoms with E-state index in [4.69, 9.17) is 28.9 Å². The molecule has 1 aromatic rings. The molecule has 0 atom stereocenters. The maximum atomic E-state index is 6.98. The van der Waals surface area contributed by atoms with Crippen molar-refractivity contribution in [2.24, 2.45) is 0 Å². The van der Waals surface area contributed by atoms with Crippen molar-refractivity contribution in [2.45, 2.75) is 6.54 Å². The minimum absolute atomic E-state index is 0.0195.